The second-order valence-electron chi connectivity index (χ2n) is 8.33. The van der Waals surface area contributed by atoms with Crippen LogP contribution in [0, 0.1) is 17.2 Å². The van der Waals surface area contributed by atoms with Crippen molar-refractivity contribution in [2.45, 2.75) is 44.2 Å². The summed E-state index contributed by atoms with van der Waals surface area (Å²) in [6.45, 7) is 5.65. The summed E-state index contributed by atoms with van der Waals surface area (Å²) < 4.78 is 43.2. The van der Waals surface area contributed by atoms with Gasteiger partial charge in [-0.3, -0.25) is 4.79 Å². The molecule has 8 heteroatoms. The van der Waals surface area contributed by atoms with Crippen LogP contribution in [0.1, 0.15) is 38.8 Å². The molecule has 0 unspecified atom stereocenters. The van der Waals surface area contributed by atoms with Crippen molar-refractivity contribution >= 4 is 31.9 Å². The highest BCUT2D eigenvalue weighted by atomic mass is 79.9. The average Bonchev–Trinajstić information content (AvgIpc) is 3.04. The molecule has 0 amide bonds. The predicted molar refractivity (Wildman–Crippen MR) is 111 cm³/mol. The first-order valence-electron chi connectivity index (χ1n) is 9.21. The lowest BCUT2D eigenvalue weighted by Crippen LogP contribution is -2.44. The molecule has 1 N–H and O–H groups in total. The van der Waals surface area contributed by atoms with Crippen LogP contribution in [0.3, 0.4) is 0 Å². The van der Waals surface area contributed by atoms with Crippen LogP contribution >= 0.6 is 15.9 Å². The van der Waals surface area contributed by atoms with Gasteiger partial charge in [0.05, 0.1) is 16.9 Å². The lowest BCUT2D eigenvalue weighted by Gasteiger charge is -2.37. The maximum absolute atomic E-state index is 14.0. The molecule has 5 nitrogen and oxygen atoms in total. The van der Waals surface area contributed by atoms with Crippen molar-refractivity contribution in [1.82, 2.24) is 4.31 Å². The van der Waals surface area contributed by atoms with E-state index in [-0.39, 0.29) is 11.3 Å². The van der Waals surface area contributed by atoms with Gasteiger partial charge in [-0.2, -0.15) is 4.31 Å². The summed E-state index contributed by atoms with van der Waals surface area (Å²) in [4.78, 5) is 12.2. The lowest BCUT2D eigenvalue weighted by atomic mass is 9.83. The van der Waals surface area contributed by atoms with E-state index in [4.69, 9.17) is 0 Å². The van der Waals surface area contributed by atoms with Crippen LogP contribution in [0.25, 0.3) is 0 Å². The Kier molecular flexibility index (Phi) is 5.91. The number of aliphatic carboxylic acids is 1. The number of nitrogens with zero attached hydrogens (tertiary/aromatic N) is 1. The maximum Gasteiger partial charge on any atom is 0.308 e. The van der Waals surface area contributed by atoms with Crippen molar-refractivity contribution in [2.75, 3.05) is 0 Å². The summed E-state index contributed by atoms with van der Waals surface area (Å²) in [7, 11) is -4.08. The zero-order chi connectivity index (χ0) is 21.6. The average molecular weight is 484 g/mol. The Morgan fingerprint density at radius 3 is 2.38 bits per heavy atom. The lowest BCUT2D eigenvalue weighted by molar-refractivity contribution is -0.142. The van der Waals surface area contributed by atoms with Crippen LogP contribution in [0.15, 0.2) is 57.9 Å². The highest BCUT2D eigenvalue weighted by Crippen LogP contribution is 2.50. The van der Waals surface area contributed by atoms with E-state index < -0.39 is 45.2 Å². The molecule has 0 radical (unpaired) electrons. The largest absolute Gasteiger partial charge is 0.481 e. The maximum atomic E-state index is 14.0. The minimum absolute atomic E-state index is 0.0571. The van der Waals surface area contributed by atoms with Crippen LogP contribution in [-0.2, 0) is 14.8 Å². The molecule has 3 atom stereocenters. The summed E-state index contributed by atoms with van der Waals surface area (Å²) in [6.07, 6.45) is 0.143. The number of sulfonamides is 1. The van der Waals surface area contributed by atoms with E-state index in [9.17, 15) is 22.7 Å². The van der Waals surface area contributed by atoms with Crippen LogP contribution in [-0.4, -0.2) is 29.8 Å². The van der Waals surface area contributed by atoms with E-state index in [2.05, 4.69) is 15.9 Å². The summed E-state index contributed by atoms with van der Waals surface area (Å²) in [5.41, 5.74) is -0.191. The van der Waals surface area contributed by atoms with Gasteiger partial charge in [0.25, 0.3) is 0 Å². The Hall–Kier alpha value is -1.77. The van der Waals surface area contributed by atoms with Gasteiger partial charge in [0.2, 0.25) is 10.0 Å². The summed E-state index contributed by atoms with van der Waals surface area (Å²) in [5, 5.41) is 9.88. The number of carbonyl (C=O) groups is 1. The van der Waals surface area contributed by atoms with Gasteiger partial charge in [0.1, 0.15) is 5.82 Å². The Labute approximate surface area is 178 Å². The van der Waals surface area contributed by atoms with Crippen molar-refractivity contribution < 1.29 is 22.7 Å². The first-order chi connectivity index (χ1) is 13.4. The molecule has 0 bridgehead atoms. The molecule has 2 aromatic carbocycles. The van der Waals surface area contributed by atoms with Crippen molar-refractivity contribution in [1.29, 1.82) is 0 Å². The van der Waals surface area contributed by atoms with Gasteiger partial charge >= 0.3 is 5.97 Å². The number of benzene rings is 2. The molecule has 0 aromatic heterocycles. The van der Waals surface area contributed by atoms with Crippen molar-refractivity contribution in [2.24, 2.45) is 11.3 Å². The molecule has 0 spiro atoms. The molecule has 1 aliphatic heterocycles. The van der Waals surface area contributed by atoms with E-state index in [0.717, 1.165) is 0 Å². The molecule has 0 saturated carbocycles. The van der Waals surface area contributed by atoms with Crippen LogP contribution in [0.2, 0.25) is 0 Å². The van der Waals surface area contributed by atoms with Gasteiger partial charge in [0, 0.05) is 10.5 Å². The molecule has 1 fully saturated rings. The molecule has 29 heavy (non-hydrogen) atoms. The first kappa shape index (κ1) is 21.9. The molecule has 2 aromatic rings. The minimum atomic E-state index is -4.08. The normalized spacial score (nSPS) is 23.3. The second-order valence-corrected chi connectivity index (χ2v) is 11.0. The molecular formula is C21H23BrFNO4S. The Balaban J connectivity index is 2.27. The van der Waals surface area contributed by atoms with E-state index >= 15 is 0 Å². The summed E-state index contributed by atoms with van der Waals surface area (Å²) in [5.74, 6) is -2.62. The van der Waals surface area contributed by atoms with Gasteiger partial charge in [-0.1, -0.05) is 45.0 Å². The Bertz CT molecular complexity index is 1030. The molecular weight excluding hydrogens is 461 g/mol. The van der Waals surface area contributed by atoms with Crippen molar-refractivity contribution in [3.05, 3.63) is 64.4 Å². The number of carboxylic acids is 1. The highest BCUT2D eigenvalue weighted by molar-refractivity contribution is 9.10. The third-order valence-corrected chi connectivity index (χ3v) is 8.24. The minimum Gasteiger partial charge on any atom is -0.481 e. The summed E-state index contributed by atoms with van der Waals surface area (Å²) >= 11 is 3.30. The van der Waals surface area contributed by atoms with Gasteiger partial charge in [-0.15, -0.1) is 0 Å². The van der Waals surface area contributed by atoms with Gasteiger partial charge < -0.3 is 5.11 Å². The molecule has 0 aliphatic carbocycles. The fourth-order valence-corrected chi connectivity index (χ4v) is 6.97. The predicted octanol–water partition coefficient (Wildman–Crippen LogP) is 4.84. The van der Waals surface area contributed by atoms with Crippen LogP contribution < -0.4 is 0 Å². The third kappa shape index (κ3) is 4.11. The van der Waals surface area contributed by atoms with Gasteiger partial charge in [-0.25, -0.2) is 12.8 Å². The van der Waals surface area contributed by atoms with Crippen molar-refractivity contribution in [3.63, 3.8) is 0 Å². The second kappa shape index (κ2) is 7.81. The molecule has 3 rings (SSSR count). The zero-order valence-corrected chi connectivity index (χ0v) is 18.7. The molecule has 1 saturated heterocycles. The van der Waals surface area contributed by atoms with Crippen LogP contribution in [0.4, 0.5) is 4.39 Å². The number of halogens is 2. The number of rotatable bonds is 4. The van der Waals surface area contributed by atoms with E-state index in [0.29, 0.717) is 10.0 Å². The Morgan fingerprint density at radius 1 is 1.17 bits per heavy atom. The number of hydrogen-bond acceptors (Lipinski definition) is 3. The van der Waals surface area contributed by atoms with E-state index in [1.54, 1.807) is 24.3 Å². The first-order valence-corrected chi connectivity index (χ1v) is 11.4. The fourth-order valence-electron chi connectivity index (χ4n) is 3.97. The zero-order valence-electron chi connectivity index (χ0n) is 16.3. The topological polar surface area (TPSA) is 74.7 Å². The molecule has 156 valence electrons. The number of carboxylic acid groups (broad SMARTS) is 1. The van der Waals surface area contributed by atoms with E-state index in [1.807, 2.05) is 20.8 Å². The fraction of sp³-hybridized carbons (Fsp3) is 0.381. The third-order valence-electron chi connectivity index (χ3n) is 5.34. The highest BCUT2D eigenvalue weighted by Gasteiger charge is 2.54. The quantitative estimate of drug-likeness (QED) is 0.674. The van der Waals surface area contributed by atoms with Crippen molar-refractivity contribution in [3.8, 4) is 0 Å². The van der Waals surface area contributed by atoms with E-state index in [1.165, 1.54) is 28.6 Å². The molecule has 1 heterocycles. The number of hydrogen-bond donors (Lipinski definition) is 1. The Morgan fingerprint density at radius 2 is 1.83 bits per heavy atom. The molecule has 1 aliphatic rings. The standard InChI is InChI=1S/C21H23BrFNO4S/c1-21(2,3)18-12-15(20(25)26)19(13-7-6-8-14(23)11-13)24(18)29(27,28)17-10-5-4-9-16(17)22/h4-11,15,18-19H,12H2,1-3H3,(H,25,26)/t15-,18+,19+/m1/s1. The smallest absolute Gasteiger partial charge is 0.308 e. The SMILES string of the molecule is CC(C)(C)[C@@H]1C[C@@H](C(=O)O)[C@H](c2cccc(F)c2)N1S(=O)(=O)c1ccccc1Br. The van der Waals surface area contributed by atoms with Gasteiger partial charge in [-0.05, 0) is 57.6 Å². The van der Waals surface area contributed by atoms with Crippen LogP contribution in [0.5, 0.6) is 0 Å². The summed E-state index contributed by atoms with van der Waals surface area (Å²) in [6, 6.07) is 10.4. The van der Waals surface area contributed by atoms with Gasteiger partial charge in [0.15, 0.2) is 0 Å². The monoisotopic (exact) mass is 483 g/mol.